The van der Waals surface area contributed by atoms with E-state index in [0.717, 1.165) is 23.7 Å². The fraction of sp³-hybridized carbons (Fsp3) is 0.265. The molecule has 0 spiro atoms. The number of aromatic nitrogens is 1. The number of carbonyl (C=O) groups excluding carboxylic acids is 4. The topological polar surface area (TPSA) is 93.6 Å². The van der Waals surface area contributed by atoms with E-state index in [1.54, 1.807) is 60.7 Å². The first kappa shape index (κ1) is 27.9. The summed E-state index contributed by atoms with van der Waals surface area (Å²) in [6.07, 6.45) is 2.00. The third-order valence-corrected chi connectivity index (χ3v) is 9.83. The Balaban J connectivity index is 1.18. The van der Waals surface area contributed by atoms with Gasteiger partial charge in [-0.3, -0.25) is 19.3 Å². The second kappa shape index (κ2) is 10.7. The molecule has 2 bridgehead atoms. The van der Waals surface area contributed by atoms with Crippen molar-refractivity contribution in [3.63, 3.8) is 0 Å². The van der Waals surface area contributed by atoms with E-state index in [1.807, 2.05) is 6.07 Å². The number of imide groups is 1. The van der Waals surface area contributed by atoms with Crippen molar-refractivity contribution in [3.05, 3.63) is 93.4 Å². The zero-order valence-corrected chi connectivity index (χ0v) is 25.5. The fourth-order valence-corrected chi connectivity index (χ4v) is 7.66. The maximum absolute atomic E-state index is 13.5. The van der Waals surface area contributed by atoms with Crippen molar-refractivity contribution in [1.29, 1.82) is 0 Å². The predicted octanol–water partition coefficient (Wildman–Crippen LogP) is 7.28. The monoisotopic (exact) mass is 656 g/mol. The maximum Gasteiger partial charge on any atom is 0.339 e. The highest BCUT2D eigenvalue weighted by atomic mass is 79.9. The minimum Gasteiger partial charge on any atom is -0.451 e. The van der Waals surface area contributed by atoms with Crippen LogP contribution in [0.25, 0.3) is 22.2 Å². The van der Waals surface area contributed by atoms with Crippen LogP contribution in [0.2, 0.25) is 5.02 Å². The summed E-state index contributed by atoms with van der Waals surface area (Å²) in [4.78, 5) is 59.2. The first-order chi connectivity index (χ1) is 20.7. The van der Waals surface area contributed by atoms with Gasteiger partial charge in [-0.25, -0.2) is 9.78 Å². The summed E-state index contributed by atoms with van der Waals surface area (Å²) >= 11 is 9.50. The fourth-order valence-electron chi connectivity index (χ4n) is 7.11. The number of pyridine rings is 1. The van der Waals surface area contributed by atoms with Crippen molar-refractivity contribution < 1.29 is 23.9 Å². The van der Waals surface area contributed by atoms with E-state index in [0.29, 0.717) is 50.3 Å². The van der Waals surface area contributed by atoms with Crippen LogP contribution < -0.4 is 4.90 Å². The highest BCUT2D eigenvalue weighted by Crippen LogP contribution is 2.56. The maximum atomic E-state index is 13.5. The van der Waals surface area contributed by atoms with Crippen LogP contribution in [0.5, 0.6) is 0 Å². The third-order valence-electron chi connectivity index (χ3n) is 9.10. The average molecular weight is 658 g/mol. The smallest absolute Gasteiger partial charge is 0.339 e. The summed E-state index contributed by atoms with van der Waals surface area (Å²) < 4.78 is 6.40. The van der Waals surface area contributed by atoms with Gasteiger partial charge in [0.1, 0.15) is 0 Å². The summed E-state index contributed by atoms with van der Waals surface area (Å²) in [5.74, 6) is -0.941. The first-order valence-electron chi connectivity index (χ1n) is 14.3. The lowest BCUT2D eigenvalue weighted by molar-refractivity contribution is -0.123. The van der Waals surface area contributed by atoms with Crippen LogP contribution in [-0.2, 0) is 14.3 Å². The Morgan fingerprint density at radius 3 is 2.33 bits per heavy atom. The number of benzene rings is 3. The second-order valence-corrected chi connectivity index (χ2v) is 12.9. The molecule has 3 fully saturated rings. The van der Waals surface area contributed by atoms with E-state index in [1.165, 1.54) is 17.9 Å². The van der Waals surface area contributed by atoms with Gasteiger partial charge in [0.05, 0.1) is 34.3 Å². The number of hydrogen-bond acceptors (Lipinski definition) is 6. The van der Waals surface area contributed by atoms with Crippen LogP contribution >= 0.6 is 27.5 Å². The largest absolute Gasteiger partial charge is 0.451 e. The molecule has 9 heteroatoms. The standard InChI is InChI=1S/C34H26BrClN2O5/c1-17(31(39)21-3-2-4-23(36)14-21)43-34(42)26-16-28(37-27-12-9-22(35)15-25(26)27)18-7-10-24(11-8-18)38-32(40)29-19-5-6-20(13-19)30(29)33(38)41/h2-4,7-12,14-17,19-20,29-30H,5-6,13H2,1H3. The van der Waals surface area contributed by atoms with Gasteiger partial charge in [0.25, 0.3) is 0 Å². The van der Waals surface area contributed by atoms with Crippen LogP contribution in [-0.4, -0.2) is 34.7 Å². The molecule has 7 rings (SSSR count). The molecule has 2 amide bonds. The van der Waals surface area contributed by atoms with Gasteiger partial charge in [0.2, 0.25) is 17.6 Å². The molecule has 4 aromatic rings. The molecule has 2 aliphatic carbocycles. The molecular formula is C34H26BrClN2O5. The van der Waals surface area contributed by atoms with Crippen LogP contribution in [0.1, 0.15) is 46.9 Å². The molecule has 0 radical (unpaired) electrons. The SMILES string of the molecule is CC(OC(=O)c1cc(-c2ccc(N3C(=O)C4C5CCC(C5)C4C3=O)cc2)nc2ccc(Br)cc12)C(=O)c1cccc(Cl)c1. The molecule has 43 heavy (non-hydrogen) atoms. The number of ether oxygens (including phenoxy) is 1. The molecule has 1 saturated heterocycles. The highest BCUT2D eigenvalue weighted by molar-refractivity contribution is 9.10. The van der Waals surface area contributed by atoms with Crippen molar-refractivity contribution in [2.75, 3.05) is 4.90 Å². The Bertz CT molecular complexity index is 1810. The summed E-state index contributed by atoms with van der Waals surface area (Å²) in [6.45, 7) is 1.53. The number of esters is 1. The van der Waals surface area contributed by atoms with Gasteiger partial charge in [-0.05, 0) is 86.6 Å². The Labute approximate surface area is 261 Å². The lowest BCUT2D eigenvalue weighted by atomic mass is 9.81. The highest BCUT2D eigenvalue weighted by Gasteiger charge is 2.61. The lowest BCUT2D eigenvalue weighted by Crippen LogP contribution is -2.32. The van der Waals surface area contributed by atoms with E-state index in [9.17, 15) is 19.2 Å². The minimum atomic E-state index is -1.05. The van der Waals surface area contributed by atoms with Crippen LogP contribution in [0.3, 0.4) is 0 Å². The molecule has 2 heterocycles. The quantitative estimate of drug-likeness (QED) is 0.123. The van der Waals surface area contributed by atoms with Gasteiger partial charge in [0, 0.05) is 26.0 Å². The van der Waals surface area contributed by atoms with Gasteiger partial charge >= 0.3 is 5.97 Å². The molecule has 3 aromatic carbocycles. The number of nitrogens with zero attached hydrogens (tertiary/aromatic N) is 2. The van der Waals surface area contributed by atoms with Crippen molar-refractivity contribution >= 4 is 67.7 Å². The van der Waals surface area contributed by atoms with Crippen molar-refractivity contribution in [3.8, 4) is 11.3 Å². The molecule has 7 nitrogen and oxygen atoms in total. The van der Waals surface area contributed by atoms with Crippen LogP contribution in [0.15, 0.2) is 77.3 Å². The lowest BCUT2D eigenvalue weighted by Gasteiger charge is -2.19. The number of ketones is 1. The third kappa shape index (κ3) is 4.77. The normalized spacial score (nSPS) is 23.1. The molecule has 0 N–H and O–H groups in total. The van der Waals surface area contributed by atoms with E-state index in [2.05, 4.69) is 15.9 Å². The van der Waals surface area contributed by atoms with Crippen molar-refractivity contribution in [2.24, 2.45) is 23.7 Å². The number of amides is 2. The average Bonchev–Trinajstić information content (AvgIpc) is 3.69. The Morgan fingerprint density at radius 1 is 0.953 bits per heavy atom. The molecule has 1 aliphatic heterocycles. The Kier molecular flexibility index (Phi) is 6.94. The van der Waals surface area contributed by atoms with Gasteiger partial charge < -0.3 is 4.74 Å². The molecule has 216 valence electrons. The molecule has 3 aliphatic rings. The van der Waals surface area contributed by atoms with Crippen LogP contribution in [0.4, 0.5) is 5.69 Å². The summed E-state index contributed by atoms with van der Waals surface area (Å²) in [5, 5.41) is 0.982. The summed E-state index contributed by atoms with van der Waals surface area (Å²) in [5.41, 5.74) is 2.93. The van der Waals surface area contributed by atoms with Gasteiger partial charge in [-0.15, -0.1) is 0 Å². The minimum absolute atomic E-state index is 0.0872. The van der Waals surface area contributed by atoms with E-state index >= 15 is 0 Å². The van der Waals surface area contributed by atoms with Crippen LogP contribution in [0, 0.1) is 23.7 Å². The van der Waals surface area contributed by atoms with E-state index in [4.69, 9.17) is 21.3 Å². The number of Topliss-reactive ketones (excluding diaryl/α,β-unsaturated/α-hetero) is 1. The molecule has 5 unspecified atom stereocenters. The number of hydrogen-bond donors (Lipinski definition) is 0. The Morgan fingerprint density at radius 2 is 1.65 bits per heavy atom. The number of halogens is 2. The molecular weight excluding hydrogens is 632 g/mol. The number of fused-ring (bicyclic) bond motifs is 6. The van der Waals surface area contributed by atoms with Gasteiger partial charge in [0.15, 0.2) is 6.10 Å². The second-order valence-electron chi connectivity index (χ2n) is 11.6. The first-order valence-corrected chi connectivity index (χ1v) is 15.5. The van der Waals surface area contributed by atoms with E-state index in [-0.39, 0.29) is 35.0 Å². The number of rotatable bonds is 6. The van der Waals surface area contributed by atoms with Crippen molar-refractivity contribution in [1.82, 2.24) is 4.98 Å². The number of anilines is 1. The summed E-state index contributed by atoms with van der Waals surface area (Å²) in [6, 6.07) is 20.6. The molecule has 1 aromatic heterocycles. The molecule has 5 atom stereocenters. The predicted molar refractivity (Wildman–Crippen MR) is 166 cm³/mol. The summed E-state index contributed by atoms with van der Waals surface area (Å²) in [7, 11) is 0. The molecule has 2 saturated carbocycles. The zero-order chi connectivity index (χ0) is 30.0. The zero-order valence-electron chi connectivity index (χ0n) is 23.1. The van der Waals surface area contributed by atoms with Gasteiger partial charge in [-0.2, -0.15) is 0 Å². The van der Waals surface area contributed by atoms with E-state index < -0.39 is 12.1 Å². The number of carbonyl (C=O) groups is 4. The van der Waals surface area contributed by atoms with Crippen molar-refractivity contribution in [2.45, 2.75) is 32.3 Å². The van der Waals surface area contributed by atoms with Gasteiger partial charge in [-0.1, -0.05) is 51.8 Å². The Hall–Kier alpha value is -3.88.